The summed E-state index contributed by atoms with van der Waals surface area (Å²) >= 11 is 4.97. The molecule has 1 unspecified atom stereocenters. The lowest BCUT2D eigenvalue weighted by Gasteiger charge is -2.39. The molecule has 0 amide bonds. The van der Waals surface area contributed by atoms with Gasteiger partial charge in [-0.3, -0.25) is 0 Å². The van der Waals surface area contributed by atoms with E-state index in [1.807, 2.05) is 0 Å². The van der Waals surface area contributed by atoms with Gasteiger partial charge in [0.05, 0.1) is 23.7 Å². The molecule has 2 nitrogen and oxygen atoms in total. The van der Waals surface area contributed by atoms with Gasteiger partial charge in [0, 0.05) is 0 Å². The van der Waals surface area contributed by atoms with Crippen LogP contribution < -0.4 is 0 Å². The molecular formula is C11H8ClF13O2S. The van der Waals surface area contributed by atoms with Gasteiger partial charge in [-0.2, -0.15) is 57.1 Å². The normalized spacial score (nSPS) is 16.9. The molecule has 0 aliphatic rings. The molecule has 17 heteroatoms. The van der Waals surface area contributed by atoms with E-state index in [2.05, 4.69) is 4.74 Å². The first-order chi connectivity index (χ1) is 12.2. The Morgan fingerprint density at radius 1 is 0.821 bits per heavy atom. The molecule has 0 aromatic rings. The van der Waals surface area contributed by atoms with Crippen LogP contribution in [0.4, 0.5) is 57.1 Å². The third kappa shape index (κ3) is 4.03. The van der Waals surface area contributed by atoms with E-state index in [0.29, 0.717) is 0 Å². The van der Waals surface area contributed by atoms with E-state index < -0.39 is 56.7 Å². The fraction of sp³-hybridized carbons (Fsp3) is 0.818. The molecule has 0 saturated carbocycles. The van der Waals surface area contributed by atoms with Crippen molar-refractivity contribution >= 4 is 22.4 Å². The van der Waals surface area contributed by atoms with Gasteiger partial charge in [-0.25, -0.2) is 4.21 Å². The van der Waals surface area contributed by atoms with Crippen molar-refractivity contribution in [2.45, 2.75) is 42.0 Å². The van der Waals surface area contributed by atoms with E-state index in [0.717, 1.165) is 0 Å². The first kappa shape index (κ1) is 27.1. The lowest BCUT2D eigenvalue weighted by molar-refractivity contribution is -0.433. The summed E-state index contributed by atoms with van der Waals surface area (Å²) in [5, 5.41) is -6.76. The lowest BCUT2D eigenvalue weighted by atomic mass is 9.98. The first-order valence-electron chi connectivity index (χ1n) is 6.42. The Kier molecular flexibility index (Phi) is 7.80. The maximum absolute atomic E-state index is 13.6. The number of rotatable bonds is 9. The zero-order valence-electron chi connectivity index (χ0n) is 13.0. The maximum Gasteiger partial charge on any atom is 0.460 e. The highest BCUT2D eigenvalue weighted by Gasteiger charge is 2.91. The van der Waals surface area contributed by atoms with E-state index in [1.54, 1.807) is 0 Å². The van der Waals surface area contributed by atoms with E-state index >= 15 is 0 Å². The van der Waals surface area contributed by atoms with Gasteiger partial charge in [0.15, 0.2) is 0 Å². The largest absolute Gasteiger partial charge is 0.501 e. The summed E-state index contributed by atoms with van der Waals surface area (Å²) in [6.07, 6.45) is -7.49. The number of hydrogen-bond donors (Lipinski definition) is 0. The fourth-order valence-electron chi connectivity index (χ4n) is 1.34. The van der Waals surface area contributed by atoms with Crippen molar-refractivity contribution in [1.29, 1.82) is 0 Å². The second-order valence-corrected chi connectivity index (χ2v) is 6.60. The van der Waals surface area contributed by atoms with Crippen LogP contribution in [0, 0.1) is 0 Å². The summed E-state index contributed by atoms with van der Waals surface area (Å²) in [6, 6.07) is 0. The summed E-state index contributed by atoms with van der Waals surface area (Å²) < 4.78 is 184. The van der Waals surface area contributed by atoms with Crippen molar-refractivity contribution in [2.24, 2.45) is 0 Å². The Bertz CT molecular complexity index is 614. The third-order valence-electron chi connectivity index (χ3n) is 2.89. The minimum absolute atomic E-state index is 0.0215. The number of halogens is 14. The van der Waals surface area contributed by atoms with E-state index in [4.69, 9.17) is 11.6 Å². The van der Waals surface area contributed by atoms with Crippen molar-refractivity contribution in [1.82, 2.24) is 0 Å². The SMILES string of the molecule is CCO/C=C(\CCl)S(=O)C(F)(F)C(F)(F)C(F)(F)C(F)(F)C(F)(F)C(F)(F)F. The van der Waals surface area contributed by atoms with E-state index in [1.165, 1.54) is 6.92 Å². The first-order valence-corrected chi connectivity index (χ1v) is 8.11. The van der Waals surface area contributed by atoms with E-state index in [-0.39, 0.29) is 12.9 Å². The molecule has 0 aromatic carbocycles. The summed E-state index contributed by atoms with van der Waals surface area (Å²) in [4.78, 5) is -1.56. The summed E-state index contributed by atoms with van der Waals surface area (Å²) in [6.45, 7) is 0.789. The average molecular weight is 487 g/mol. The van der Waals surface area contributed by atoms with Crippen LogP contribution in [-0.2, 0) is 15.5 Å². The number of allylic oxidation sites excluding steroid dienone is 1. The van der Waals surface area contributed by atoms with Gasteiger partial charge in [-0.05, 0) is 6.92 Å². The highest BCUT2D eigenvalue weighted by Crippen LogP contribution is 2.61. The minimum atomic E-state index is -8.06. The second kappa shape index (κ2) is 8.07. The van der Waals surface area contributed by atoms with Crippen LogP contribution in [0.2, 0.25) is 0 Å². The van der Waals surface area contributed by atoms with Crippen molar-refractivity contribution in [3.63, 3.8) is 0 Å². The topological polar surface area (TPSA) is 26.3 Å². The molecule has 0 saturated heterocycles. The molecule has 0 aliphatic carbocycles. The molecule has 168 valence electrons. The standard InChI is InChI=1S/C11H8ClF13O2S/c1-2-27-4-5(3-12)28(26)11(24,25)9(19,20)7(15,16)6(13,14)8(17,18)10(21,22)23/h4H,2-3H2,1H3/b5-4+. The van der Waals surface area contributed by atoms with Crippen molar-refractivity contribution in [3.8, 4) is 0 Å². The predicted octanol–water partition coefficient (Wildman–Crippen LogP) is 5.55. The van der Waals surface area contributed by atoms with Crippen LogP contribution in [0.25, 0.3) is 0 Å². The molecule has 0 spiro atoms. The highest BCUT2D eigenvalue weighted by atomic mass is 35.5. The van der Waals surface area contributed by atoms with Crippen LogP contribution in [0.3, 0.4) is 0 Å². The molecular weight excluding hydrogens is 479 g/mol. The van der Waals surface area contributed by atoms with Crippen LogP contribution >= 0.6 is 11.6 Å². The van der Waals surface area contributed by atoms with Gasteiger partial charge in [0.25, 0.3) is 0 Å². The zero-order valence-corrected chi connectivity index (χ0v) is 14.6. The molecule has 0 heterocycles. The lowest BCUT2D eigenvalue weighted by Crippen LogP contribution is -2.70. The molecule has 0 rings (SSSR count). The van der Waals surface area contributed by atoms with Gasteiger partial charge in [0.1, 0.15) is 10.8 Å². The van der Waals surface area contributed by atoms with Crippen molar-refractivity contribution in [3.05, 3.63) is 11.2 Å². The molecule has 28 heavy (non-hydrogen) atoms. The molecule has 0 bridgehead atoms. The Balaban J connectivity index is 6.43. The molecule has 0 N–H and O–H groups in total. The summed E-state index contributed by atoms with van der Waals surface area (Å²) in [7, 11) is -4.69. The monoisotopic (exact) mass is 486 g/mol. The average Bonchev–Trinajstić information content (AvgIpc) is 2.53. The van der Waals surface area contributed by atoms with Gasteiger partial charge in [-0.1, -0.05) is 0 Å². The maximum atomic E-state index is 13.6. The van der Waals surface area contributed by atoms with Crippen LogP contribution in [0.15, 0.2) is 11.2 Å². The summed E-state index contributed by atoms with van der Waals surface area (Å²) in [5.41, 5.74) is 0. The fourth-order valence-corrected chi connectivity index (χ4v) is 2.64. The quantitative estimate of drug-likeness (QED) is 0.243. The van der Waals surface area contributed by atoms with E-state index in [9.17, 15) is 61.3 Å². The van der Waals surface area contributed by atoms with Crippen molar-refractivity contribution < 1.29 is 66.0 Å². The zero-order chi connectivity index (χ0) is 23.0. The van der Waals surface area contributed by atoms with Gasteiger partial charge >= 0.3 is 35.1 Å². The highest BCUT2D eigenvalue weighted by molar-refractivity contribution is 7.90. The Morgan fingerprint density at radius 2 is 1.21 bits per heavy atom. The predicted molar refractivity (Wildman–Crippen MR) is 69.4 cm³/mol. The second-order valence-electron chi connectivity index (χ2n) is 4.75. The van der Waals surface area contributed by atoms with Gasteiger partial charge < -0.3 is 4.74 Å². The van der Waals surface area contributed by atoms with Crippen LogP contribution in [0.1, 0.15) is 6.92 Å². The smallest absolute Gasteiger partial charge is 0.460 e. The summed E-state index contributed by atoms with van der Waals surface area (Å²) in [5.74, 6) is -32.9. The van der Waals surface area contributed by atoms with Gasteiger partial charge in [0.2, 0.25) is 0 Å². The van der Waals surface area contributed by atoms with Crippen molar-refractivity contribution in [2.75, 3.05) is 12.5 Å². The Hall–Kier alpha value is -0.930. The third-order valence-corrected chi connectivity index (χ3v) is 4.77. The van der Waals surface area contributed by atoms with Crippen LogP contribution in [-0.4, -0.2) is 51.8 Å². The minimum Gasteiger partial charge on any atom is -0.501 e. The molecule has 1 atom stereocenters. The number of hydrogen-bond acceptors (Lipinski definition) is 2. The Morgan fingerprint density at radius 3 is 1.54 bits per heavy atom. The molecule has 0 aromatic heterocycles. The molecule has 0 radical (unpaired) electrons. The Labute approximate surface area is 155 Å². The number of alkyl halides is 14. The molecule has 0 aliphatic heterocycles. The molecule has 0 fully saturated rings. The van der Waals surface area contributed by atoms with Gasteiger partial charge in [-0.15, -0.1) is 11.6 Å². The van der Waals surface area contributed by atoms with Crippen LogP contribution in [0.5, 0.6) is 0 Å². The number of ether oxygens (including phenoxy) is 1.